The minimum atomic E-state index is -4.45. The van der Waals surface area contributed by atoms with Crippen molar-refractivity contribution in [2.45, 2.75) is 16.3 Å². The van der Waals surface area contributed by atoms with Crippen LogP contribution in [0.25, 0.3) is 16.3 Å². The second-order valence-corrected chi connectivity index (χ2v) is 12.5. The summed E-state index contributed by atoms with van der Waals surface area (Å²) in [5.41, 5.74) is 2.74. The molecule has 0 saturated carbocycles. The summed E-state index contributed by atoms with van der Waals surface area (Å²) < 4.78 is 40.0. The summed E-state index contributed by atoms with van der Waals surface area (Å²) in [5.74, 6) is 0.783. The number of para-hydroxylation sites is 2. The predicted octanol–water partition coefficient (Wildman–Crippen LogP) is 5.26. The molecular weight excluding hydrogens is 557 g/mol. The van der Waals surface area contributed by atoms with Crippen LogP contribution in [0.15, 0.2) is 88.9 Å². The summed E-state index contributed by atoms with van der Waals surface area (Å²) in [6.45, 7) is 0. The summed E-state index contributed by atoms with van der Waals surface area (Å²) in [6, 6.07) is 21.2. The Morgan fingerprint density at radius 3 is 2.64 bits per heavy atom. The number of carbonyl (C=O) groups is 1. The predicted molar refractivity (Wildman–Crippen MR) is 155 cm³/mol. The van der Waals surface area contributed by atoms with Crippen LogP contribution < -0.4 is 14.6 Å². The van der Waals surface area contributed by atoms with Gasteiger partial charge in [-0.2, -0.15) is 13.5 Å². The maximum atomic E-state index is 13.4. The summed E-state index contributed by atoms with van der Waals surface area (Å²) in [6.07, 6.45) is 4.11. The van der Waals surface area contributed by atoms with E-state index < -0.39 is 15.1 Å². The van der Waals surface area contributed by atoms with E-state index in [9.17, 15) is 17.8 Å². The van der Waals surface area contributed by atoms with Crippen molar-refractivity contribution in [1.82, 2.24) is 4.98 Å². The van der Waals surface area contributed by atoms with Gasteiger partial charge in [-0.1, -0.05) is 59.5 Å². The number of aromatic nitrogens is 1. The summed E-state index contributed by atoms with van der Waals surface area (Å²) in [4.78, 5) is 18.5. The van der Waals surface area contributed by atoms with Crippen LogP contribution in [0.5, 0.6) is 5.75 Å². The first-order chi connectivity index (χ1) is 18.8. The van der Waals surface area contributed by atoms with Crippen molar-refractivity contribution in [3.05, 3.63) is 84.4 Å². The highest BCUT2D eigenvalue weighted by Crippen LogP contribution is 2.51. The first-order valence-electron chi connectivity index (χ1n) is 11.9. The molecule has 6 rings (SSSR count). The molecule has 1 unspecified atom stereocenters. The van der Waals surface area contributed by atoms with E-state index >= 15 is 0 Å². The number of hydrogen-bond acceptors (Lipinski definition) is 9. The van der Waals surface area contributed by atoms with Gasteiger partial charge in [0.15, 0.2) is 10.1 Å². The molecule has 12 heteroatoms. The Morgan fingerprint density at radius 2 is 1.85 bits per heavy atom. The molecule has 3 heterocycles. The summed E-state index contributed by atoms with van der Waals surface area (Å²) in [7, 11) is -2.85. The van der Waals surface area contributed by atoms with Crippen molar-refractivity contribution >= 4 is 71.9 Å². The quantitative estimate of drug-likeness (QED) is 0.308. The molecule has 1 N–H and O–H groups in total. The van der Waals surface area contributed by atoms with Crippen LogP contribution in [-0.2, 0) is 14.9 Å². The number of allylic oxidation sites excluding steroid dienone is 1. The molecule has 2 aliphatic rings. The van der Waals surface area contributed by atoms with Gasteiger partial charge in [0.25, 0.3) is 10.1 Å². The number of thioether (sulfide) groups is 1. The lowest BCUT2D eigenvalue weighted by atomic mass is 10.1. The van der Waals surface area contributed by atoms with Gasteiger partial charge in [-0.05, 0) is 48.6 Å². The molecule has 198 valence electrons. The Labute approximate surface area is 233 Å². The Kier molecular flexibility index (Phi) is 6.42. The van der Waals surface area contributed by atoms with Crippen LogP contribution in [0.4, 0.5) is 10.8 Å². The van der Waals surface area contributed by atoms with Crippen molar-refractivity contribution < 1.29 is 22.5 Å². The number of carbonyl (C=O) groups excluding carboxylic acids is 1. The number of anilines is 2. The van der Waals surface area contributed by atoms with Crippen molar-refractivity contribution in [2.24, 2.45) is 5.10 Å². The fourth-order valence-electron chi connectivity index (χ4n) is 4.67. The Bertz CT molecular complexity index is 1730. The summed E-state index contributed by atoms with van der Waals surface area (Å²) >= 11 is 2.82. The maximum Gasteiger partial charge on any atom is 0.294 e. The van der Waals surface area contributed by atoms with Crippen LogP contribution in [0, 0.1) is 0 Å². The van der Waals surface area contributed by atoms with Crippen molar-refractivity contribution in [2.75, 3.05) is 22.8 Å². The highest BCUT2D eigenvalue weighted by Gasteiger charge is 2.56. The van der Waals surface area contributed by atoms with Gasteiger partial charge < -0.3 is 4.74 Å². The van der Waals surface area contributed by atoms with E-state index in [1.54, 1.807) is 23.1 Å². The lowest BCUT2D eigenvalue weighted by Gasteiger charge is -2.39. The lowest BCUT2D eigenvalue weighted by Crippen LogP contribution is -2.53. The highest BCUT2D eigenvalue weighted by atomic mass is 32.2. The number of thiazole rings is 1. The molecule has 9 nitrogen and oxygen atoms in total. The zero-order valence-electron chi connectivity index (χ0n) is 20.6. The maximum absolute atomic E-state index is 13.4. The third-order valence-corrected chi connectivity index (χ3v) is 9.65. The second kappa shape index (κ2) is 9.79. The molecule has 39 heavy (non-hydrogen) atoms. The first-order valence-corrected chi connectivity index (χ1v) is 15.1. The van der Waals surface area contributed by atoms with Gasteiger partial charge in [-0.15, -0.1) is 0 Å². The first kappa shape index (κ1) is 25.6. The van der Waals surface area contributed by atoms with Crippen molar-refractivity contribution in [1.29, 1.82) is 0 Å². The molecular formula is C27H22N4O5S3. The van der Waals surface area contributed by atoms with Gasteiger partial charge in [-0.25, -0.2) is 9.99 Å². The Balaban J connectivity index is 1.47. The third-order valence-electron chi connectivity index (χ3n) is 6.42. The molecule has 1 amide bonds. The molecule has 2 aliphatic heterocycles. The number of amides is 1. The number of hydrazone groups is 1. The number of nitrogens with zero attached hydrogens (tertiary/aromatic N) is 4. The minimum Gasteiger partial charge on any atom is -0.496 e. The van der Waals surface area contributed by atoms with E-state index in [1.165, 1.54) is 41.3 Å². The van der Waals surface area contributed by atoms with Gasteiger partial charge in [0.2, 0.25) is 5.91 Å². The SMILES string of the molecule is COc1ccccc1C=CC1=NN(c2cccc(S(=O)(=O)O)c2)C2(C1)SCC(=O)N2c1nc2ccccc2s1. The normalized spacial score (nSPS) is 19.5. The van der Waals surface area contributed by atoms with E-state index in [0.29, 0.717) is 28.7 Å². The minimum absolute atomic E-state index is 0.125. The number of fused-ring (bicyclic) bond motifs is 1. The van der Waals surface area contributed by atoms with E-state index in [0.717, 1.165) is 15.8 Å². The van der Waals surface area contributed by atoms with Gasteiger partial charge >= 0.3 is 0 Å². The van der Waals surface area contributed by atoms with Crippen molar-refractivity contribution in [3.8, 4) is 5.75 Å². The van der Waals surface area contributed by atoms with Gasteiger partial charge in [0, 0.05) is 12.0 Å². The number of methoxy groups -OCH3 is 1. The van der Waals surface area contributed by atoms with Crippen molar-refractivity contribution in [3.63, 3.8) is 0 Å². The van der Waals surface area contributed by atoms with Gasteiger partial charge in [-0.3, -0.25) is 14.2 Å². The number of benzene rings is 3. The fourth-order valence-corrected chi connectivity index (χ4v) is 7.62. The lowest BCUT2D eigenvalue weighted by molar-refractivity contribution is -0.116. The average molecular weight is 579 g/mol. The fraction of sp³-hybridized carbons (Fsp3) is 0.148. The topological polar surface area (TPSA) is 112 Å². The molecule has 3 aromatic carbocycles. The molecule has 1 aromatic heterocycles. The van der Waals surface area contributed by atoms with Crippen LogP contribution in [0.2, 0.25) is 0 Å². The van der Waals surface area contributed by atoms with Crippen LogP contribution in [0.3, 0.4) is 0 Å². The number of rotatable bonds is 6. The third kappa shape index (κ3) is 4.59. The number of hydrogen-bond donors (Lipinski definition) is 1. The highest BCUT2D eigenvalue weighted by molar-refractivity contribution is 8.02. The molecule has 1 fully saturated rings. The van der Waals surface area contributed by atoms with E-state index in [-0.39, 0.29) is 16.6 Å². The zero-order chi connectivity index (χ0) is 27.2. The monoisotopic (exact) mass is 578 g/mol. The molecule has 0 bridgehead atoms. The van der Waals surface area contributed by atoms with E-state index in [4.69, 9.17) is 14.8 Å². The molecule has 4 aromatic rings. The number of ether oxygens (including phenoxy) is 1. The van der Waals surface area contributed by atoms with Gasteiger partial charge in [0.1, 0.15) is 5.75 Å². The molecule has 1 atom stereocenters. The Hall–Kier alpha value is -3.71. The standard InChI is InChI=1S/C27H22N4O5S3/c1-36-23-11-4-2-7-18(23)13-14-19-16-27(31(29-19)20-8-6-9-21(15-20)39(33,34)35)30(25(32)17-37-27)26-28-22-10-3-5-12-24(22)38-26/h2-15H,16-17H2,1H3,(H,33,34,35). The second-order valence-electron chi connectivity index (χ2n) is 8.85. The van der Waals surface area contributed by atoms with Gasteiger partial charge in [0.05, 0.1) is 39.4 Å². The van der Waals surface area contributed by atoms with Crippen LogP contribution in [-0.4, -0.2) is 47.4 Å². The largest absolute Gasteiger partial charge is 0.496 e. The molecule has 0 radical (unpaired) electrons. The molecule has 1 spiro atoms. The van der Waals surface area contributed by atoms with E-state index in [1.807, 2.05) is 60.7 Å². The smallest absolute Gasteiger partial charge is 0.294 e. The molecule has 0 aliphatic carbocycles. The molecule has 1 saturated heterocycles. The van der Waals surface area contributed by atoms with E-state index in [2.05, 4.69) is 0 Å². The average Bonchev–Trinajstić information content (AvgIpc) is 3.62. The zero-order valence-corrected chi connectivity index (χ0v) is 23.0. The van der Waals surface area contributed by atoms with Crippen LogP contribution in [0.1, 0.15) is 12.0 Å². The van der Waals surface area contributed by atoms with Crippen LogP contribution >= 0.6 is 23.1 Å². The summed E-state index contributed by atoms with van der Waals surface area (Å²) in [5, 5.41) is 7.05. The Morgan fingerprint density at radius 1 is 1.05 bits per heavy atom.